The summed E-state index contributed by atoms with van der Waals surface area (Å²) in [5.74, 6) is 0.989. The number of alkyl carbamates (subject to hydrolysis) is 1. The quantitative estimate of drug-likeness (QED) is 0.918. The summed E-state index contributed by atoms with van der Waals surface area (Å²) in [6, 6.07) is 2.18. The monoisotopic (exact) mass is 341 g/mol. The first kappa shape index (κ1) is 15.1. The van der Waals surface area contributed by atoms with Gasteiger partial charge in [0, 0.05) is 29.8 Å². The number of nitrogens with one attached hydrogen (secondary N) is 1. The molecule has 1 atom stereocenters. The van der Waals surface area contributed by atoms with E-state index in [4.69, 9.17) is 4.74 Å². The van der Waals surface area contributed by atoms with E-state index in [1.807, 2.05) is 13.1 Å². The van der Waals surface area contributed by atoms with E-state index in [1.54, 1.807) is 0 Å². The number of aryl methyl sites for hydroxylation is 1. The maximum atomic E-state index is 11.5. The molecule has 1 aliphatic heterocycles. The molecule has 0 saturated carbocycles. The Morgan fingerprint density at radius 3 is 3.15 bits per heavy atom. The van der Waals surface area contributed by atoms with Crippen molar-refractivity contribution in [3.8, 4) is 0 Å². The van der Waals surface area contributed by atoms with E-state index in [0.29, 0.717) is 6.61 Å². The van der Waals surface area contributed by atoms with Crippen LogP contribution in [0.5, 0.6) is 0 Å². The maximum Gasteiger partial charge on any atom is 0.407 e. The molecule has 1 saturated heterocycles. The molecule has 0 radical (unpaired) electrons. The zero-order valence-corrected chi connectivity index (χ0v) is 13.4. The molecule has 1 fully saturated rings. The molecular weight excluding hydrogens is 322 g/mol. The summed E-state index contributed by atoms with van der Waals surface area (Å²) in [5, 5.41) is 2.91. The first-order chi connectivity index (χ1) is 9.60. The Hall–Kier alpha value is -1.30. The molecule has 1 aromatic rings. The normalized spacial score (nSPS) is 18.8. The van der Waals surface area contributed by atoms with Crippen molar-refractivity contribution in [3.05, 3.63) is 22.3 Å². The second-order valence-electron chi connectivity index (χ2n) is 4.94. The van der Waals surface area contributed by atoms with Crippen LogP contribution in [0.1, 0.15) is 25.3 Å². The summed E-state index contributed by atoms with van der Waals surface area (Å²) in [6.45, 7) is 6.00. The van der Waals surface area contributed by atoms with Gasteiger partial charge in [0.1, 0.15) is 5.82 Å². The Labute approximate surface area is 127 Å². The Kier molecular flexibility index (Phi) is 5.23. The highest BCUT2D eigenvalue weighted by Gasteiger charge is 2.23. The second-order valence-corrected chi connectivity index (χ2v) is 5.86. The molecule has 110 valence electrons. The molecule has 1 aromatic heterocycles. The van der Waals surface area contributed by atoms with Crippen molar-refractivity contribution in [2.45, 2.75) is 32.7 Å². The summed E-state index contributed by atoms with van der Waals surface area (Å²) in [7, 11) is 0. The summed E-state index contributed by atoms with van der Waals surface area (Å²) in [6.07, 6.45) is 3.49. The Balaban J connectivity index is 2.01. The number of nitrogens with zero attached hydrogens (tertiary/aromatic N) is 2. The van der Waals surface area contributed by atoms with E-state index in [1.165, 1.54) is 0 Å². The van der Waals surface area contributed by atoms with Crippen molar-refractivity contribution in [1.29, 1.82) is 0 Å². The van der Waals surface area contributed by atoms with E-state index in [9.17, 15) is 4.79 Å². The van der Waals surface area contributed by atoms with Crippen molar-refractivity contribution in [1.82, 2.24) is 10.3 Å². The van der Waals surface area contributed by atoms with Gasteiger partial charge in [-0.25, -0.2) is 9.78 Å². The molecule has 5 nitrogen and oxygen atoms in total. The first-order valence-electron chi connectivity index (χ1n) is 6.90. The van der Waals surface area contributed by atoms with Gasteiger partial charge in [-0.15, -0.1) is 0 Å². The summed E-state index contributed by atoms with van der Waals surface area (Å²) in [5.41, 5.74) is 1.14. The molecule has 2 heterocycles. The molecule has 2 rings (SSSR count). The summed E-state index contributed by atoms with van der Waals surface area (Å²) in [4.78, 5) is 18.2. The number of pyridine rings is 1. The van der Waals surface area contributed by atoms with Gasteiger partial charge in [-0.05, 0) is 54.2 Å². The van der Waals surface area contributed by atoms with Crippen molar-refractivity contribution >= 4 is 27.8 Å². The lowest BCUT2D eigenvalue weighted by atomic mass is 10.1. The fourth-order valence-corrected chi connectivity index (χ4v) is 2.94. The zero-order valence-electron chi connectivity index (χ0n) is 11.9. The Morgan fingerprint density at radius 1 is 1.65 bits per heavy atom. The van der Waals surface area contributed by atoms with Gasteiger partial charge in [0.05, 0.1) is 6.61 Å². The molecule has 1 aliphatic rings. The summed E-state index contributed by atoms with van der Waals surface area (Å²) < 4.78 is 5.92. The fourth-order valence-electron chi connectivity index (χ4n) is 2.49. The van der Waals surface area contributed by atoms with Crippen LogP contribution in [0.3, 0.4) is 0 Å². The maximum absolute atomic E-state index is 11.5. The van der Waals surface area contributed by atoms with Crippen LogP contribution in [0.2, 0.25) is 0 Å². The lowest BCUT2D eigenvalue weighted by Gasteiger charge is -2.34. The van der Waals surface area contributed by atoms with Gasteiger partial charge in [0.15, 0.2) is 0 Å². The molecule has 0 bridgehead atoms. The predicted molar refractivity (Wildman–Crippen MR) is 82.1 cm³/mol. The average molecular weight is 342 g/mol. The molecule has 20 heavy (non-hydrogen) atoms. The smallest absolute Gasteiger partial charge is 0.407 e. The minimum Gasteiger partial charge on any atom is -0.450 e. The third kappa shape index (κ3) is 3.85. The Bertz CT molecular complexity index is 481. The number of ether oxygens (including phenoxy) is 1. The highest BCUT2D eigenvalue weighted by molar-refractivity contribution is 9.10. The predicted octanol–water partition coefficient (Wildman–Crippen LogP) is 2.87. The number of rotatable bonds is 3. The van der Waals surface area contributed by atoms with E-state index >= 15 is 0 Å². The zero-order chi connectivity index (χ0) is 14.5. The molecule has 6 heteroatoms. The number of carbonyl (C=O) groups is 1. The van der Waals surface area contributed by atoms with Crippen LogP contribution in [0.4, 0.5) is 10.6 Å². The molecule has 0 aromatic carbocycles. The van der Waals surface area contributed by atoms with Crippen molar-refractivity contribution in [2.24, 2.45) is 0 Å². The van der Waals surface area contributed by atoms with E-state index < -0.39 is 0 Å². The molecule has 0 spiro atoms. The number of aromatic nitrogens is 1. The van der Waals surface area contributed by atoms with Crippen molar-refractivity contribution in [3.63, 3.8) is 0 Å². The van der Waals surface area contributed by atoms with Crippen LogP contribution < -0.4 is 10.2 Å². The van der Waals surface area contributed by atoms with Crippen LogP contribution >= 0.6 is 15.9 Å². The fraction of sp³-hybridized carbons (Fsp3) is 0.571. The van der Waals surface area contributed by atoms with Crippen molar-refractivity contribution < 1.29 is 9.53 Å². The molecule has 1 amide bonds. The number of halogens is 1. The number of amides is 1. The number of hydrogen-bond donors (Lipinski definition) is 1. The minimum absolute atomic E-state index is 0.118. The Morgan fingerprint density at radius 2 is 2.45 bits per heavy atom. The van der Waals surface area contributed by atoms with Crippen LogP contribution in [0.15, 0.2) is 16.7 Å². The molecule has 1 unspecified atom stereocenters. The van der Waals surface area contributed by atoms with E-state index in [-0.39, 0.29) is 12.1 Å². The highest BCUT2D eigenvalue weighted by Crippen LogP contribution is 2.23. The van der Waals surface area contributed by atoms with Gasteiger partial charge in [-0.2, -0.15) is 0 Å². The van der Waals surface area contributed by atoms with Gasteiger partial charge in [0.25, 0.3) is 0 Å². The van der Waals surface area contributed by atoms with Crippen LogP contribution in [-0.4, -0.2) is 36.8 Å². The molecular formula is C14H20BrN3O2. The lowest BCUT2D eigenvalue weighted by Crippen LogP contribution is -2.48. The van der Waals surface area contributed by atoms with Gasteiger partial charge >= 0.3 is 6.09 Å². The first-order valence-corrected chi connectivity index (χ1v) is 7.70. The van der Waals surface area contributed by atoms with Gasteiger partial charge in [0.2, 0.25) is 0 Å². The van der Waals surface area contributed by atoms with Gasteiger partial charge in [-0.3, -0.25) is 0 Å². The number of hydrogen-bond acceptors (Lipinski definition) is 4. The standard InChI is InChI=1S/C14H20BrN3O2/c1-3-20-14(19)17-12-5-4-6-18(9-12)13-10(2)7-11(15)8-16-13/h7-8,12H,3-6,9H2,1-2H3,(H,17,19). The van der Waals surface area contributed by atoms with E-state index in [2.05, 4.69) is 44.1 Å². The van der Waals surface area contributed by atoms with Gasteiger partial charge < -0.3 is 15.0 Å². The largest absolute Gasteiger partial charge is 0.450 e. The van der Waals surface area contributed by atoms with E-state index in [0.717, 1.165) is 41.8 Å². The topological polar surface area (TPSA) is 54.5 Å². The second kappa shape index (κ2) is 6.92. The van der Waals surface area contributed by atoms with Crippen LogP contribution in [0.25, 0.3) is 0 Å². The van der Waals surface area contributed by atoms with Gasteiger partial charge in [-0.1, -0.05) is 0 Å². The third-order valence-electron chi connectivity index (χ3n) is 3.34. The van der Waals surface area contributed by atoms with Crippen LogP contribution in [-0.2, 0) is 4.74 Å². The SMILES string of the molecule is CCOC(=O)NC1CCCN(c2ncc(Br)cc2C)C1. The van der Waals surface area contributed by atoms with Crippen molar-refractivity contribution in [2.75, 3.05) is 24.6 Å². The minimum atomic E-state index is -0.333. The third-order valence-corrected chi connectivity index (χ3v) is 3.77. The average Bonchev–Trinajstić information content (AvgIpc) is 2.39. The number of anilines is 1. The lowest BCUT2D eigenvalue weighted by molar-refractivity contribution is 0.146. The number of carbonyl (C=O) groups excluding carboxylic acids is 1. The number of piperidine rings is 1. The molecule has 0 aliphatic carbocycles. The highest BCUT2D eigenvalue weighted by atomic mass is 79.9. The van der Waals surface area contributed by atoms with Crippen LogP contribution in [0, 0.1) is 6.92 Å². The summed E-state index contributed by atoms with van der Waals surface area (Å²) >= 11 is 3.43. The molecule has 1 N–H and O–H groups in total.